The fourth-order valence-corrected chi connectivity index (χ4v) is 1.27. The Balaban J connectivity index is 2.15. The molecule has 4 nitrogen and oxygen atoms in total. The Morgan fingerprint density at radius 1 is 1.28 bits per heavy atom. The summed E-state index contributed by atoms with van der Waals surface area (Å²) in [6.07, 6.45) is -3.68. The molecule has 0 N–H and O–H groups in total. The molecule has 0 unspecified atom stereocenters. The minimum atomic E-state index is -3.06. The van der Waals surface area contributed by atoms with Crippen molar-refractivity contribution in [3.05, 3.63) is 36.0 Å². The third kappa shape index (κ3) is 2.73. The van der Waals surface area contributed by atoms with Crippen molar-refractivity contribution in [2.45, 2.75) is 12.8 Å². The molecular formula is C11H7F3N2O2. The summed E-state index contributed by atoms with van der Waals surface area (Å²) in [6, 6.07) is 5.24. The predicted molar refractivity (Wildman–Crippen MR) is 54.4 cm³/mol. The fraction of sp³-hybridized carbons (Fsp3) is 0.182. The lowest BCUT2D eigenvalue weighted by molar-refractivity contribution is -0.129. The van der Waals surface area contributed by atoms with Crippen molar-refractivity contribution in [1.29, 1.82) is 0 Å². The first-order valence-corrected chi connectivity index (χ1v) is 4.95. The number of Topliss-reactive ketones (excluding diaryl/α,β-unsaturated/α-hetero) is 1. The summed E-state index contributed by atoms with van der Waals surface area (Å²) in [6.45, 7) is 0. The first-order chi connectivity index (χ1) is 8.56. The smallest absolute Gasteiger partial charge is 0.296 e. The molecule has 0 bridgehead atoms. The predicted octanol–water partition coefficient (Wildman–Crippen LogP) is 2.25. The quantitative estimate of drug-likeness (QED) is 0.841. The van der Waals surface area contributed by atoms with Gasteiger partial charge in [0, 0.05) is 5.56 Å². The van der Waals surface area contributed by atoms with Crippen LogP contribution >= 0.6 is 0 Å². The van der Waals surface area contributed by atoms with Gasteiger partial charge in [-0.1, -0.05) is 5.16 Å². The molecule has 2 aromatic rings. The largest absolute Gasteiger partial charge is 0.338 e. The van der Waals surface area contributed by atoms with E-state index in [1.54, 1.807) is 0 Å². The van der Waals surface area contributed by atoms with Crippen LogP contribution in [0.2, 0.25) is 0 Å². The van der Waals surface area contributed by atoms with Crippen LogP contribution in [0.1, 0.15) is 5.89 Å². The van der Waals surface area contributed by atoms with Gasteiger partial charge in [-0.15, -0.1) is 0 Å². The minimum Gasteiger partial charge on any atom is -0.338 e. The number of alkyl halides is 2. The van der Waals surface area contributed by atoms with E-state index < -0.39 is 24.4 Å². The van der Waals surface area contributed by atoms with Crippen molar-refractivity contribution in [2.24, 2.45) is 0 Å². The van der Waals surface area contributed by atoms with E-state index in [1.165, 1.54) is 24.3 Å². The van der Waals surface area contributed by atoms with Crippen LogP contribution in [0.15, 0.2) is 28.8 Å². The molecule has 0 aliphatic heterocycles. The van der Waals surface area contributed by atoms with E-state index in [-0.39, 0.29) is 11.7 Å². The maximum absolute atomic E-state index is 12.7. The number of carbonyl (C=O) groups is 1. The third-order valence-corrected chi connectivity index (χ3v) is 2.14. The van der Waals surface area contributed by atoms with Gasteiger partial charge in [-0.2, -0.15) is 4.98 Å². The molecule has 7 heteroatoms. The molecule has 94 valence electrons. The van der Waals surface area contributed by atoms with Gasteiger partial charge in [-0.3, -0.25) is 4.79 Å². The second kappa shape index (κ2) is 4.99. The number of rotatable bonds is 4. The molecule has 0 radical (unpaired) electrons. The first-order valence-electron chi connectivity index (χ1n) is 4.95. The van der Waals surface area contributed by atoms with Gasteiger partial charge >= 0.3 is 0 Å². The molecule has 0 spiro atoms. The van der Waals surface area contributed by atoms with E-state index in [0.717, 1.165) is 0 Å². The van der Waals surface area contributed by atoms with E-state index in [2.05, 4.69) is 14.7 Å². The Bertz CT molecular complexity index is 552. The van der Waals surface area contributed by atoms with Crippen LogP contribution in [0.4, 0.5) is 13.2 Å². The third-order valence-electron chi connectivity index (χ3n) is 2.14. The second-order valence-corrected chi connectivity index (χ2v) is 3.46. The normalized spacial score (nSPS) is 10.9. The molecule has 2 rings (SSSR count). The number of hydrogen-bond acceptors (Lipinski definition) is 4. The molecule has 18 heavy (non-hydrogen) atoms. The first kappa shape index (κ1) is 12.3. The highest BCUT2D eigenvalue weighted by molar-refractivity contribution is 5.83. The molecule has 0 amide bonds. The molecule has 0 saturated carbocycles. The zero-order valence-electron chi connectivity index (χ0n) is 8.94. The zero-order chi connectivity index (χ0) is 13.1. The maximum Gasteiger partial charge on any atom is 0.296 e. The number of nitrogens with zero attached hydrogens (tertiary/aromatic N) is 2. The van der Waals surface area contributed by atoms with Crippen molar-refractivity contribution in [3.8, 4) is 11.4 Å². The molecule has 1 aromatic heterocycles. The van der Waals surface area contributed by atoms with Gasteiger partial charge in [-0.05, 0) is 24.3 Å². The lowest BCUT2D eigenvalue weighted by atomic mass is 10.2. The number of aromatic nitrogens is 2. The summed E-state index contributed by atoms with van der Waals surface area (Å²) in [7, 11) is 0. The monoisotopic (exact) mass is 256 g/mol. The van der Waals surface area contributed by atoms with Gasteiger partial charge in [0.25, 0.3) is 6.43 Å². The van der Waals surface area contributed by atoms with Gasteiger partial charge < -0.3 is 4.52 Å². The van der Waals surface area contributed by atoms with Crippen LogP contribution in [0.5, 0.6) is 0 Å². The standard InChI is InChI=1S/C11H7F3N2O2/c12-7-3-1-6(2-4-7)11-15-9(18-16-11)5-8(17)10(13)14/h1-4,10H,5H2. The van der Waals surface area contributed by atoms with Crippen molar-refractivity contribution < 1.29 is 22.5 Å². The summed E-state index contributed by atoms with van der Waals surface area (Å²) in [5.41, 5.74) is 0.468. The van der Waals surface area contributed by atoms with E-state index >= 15 is 0 Å². The van der Waals surface area contributed by atoms with Gasteiger partial charge in [0.05, 0.1) is 6.42 Å². The van der Waals surface area contributed by atoms with Crippen molar-refractivity contribution in [1.82, 2.24) is 10.1 Å². The topological polar surface area (TPSA) is 56.0 Å². The van der Waals surface area contributed by atoms with Crippen LogP contribution in [-0.4, -0.2) is 22.3 Å². The molecule has 0 atom stereocenters. The average Bonchev–Trinajstić information content (AvgIpc) is 2.78. The van der Waals surface area contributed by atoms with Crippen LogP contribution < -0.4 is 0 Å². The Morgan fingerprint density at radius 2 is 1.94 bits per heavy atom. The Labute approximate surface area is 99.4 Å². The molecule has 0 aliphatic rings. The highest BCUT2D eigenvalue weighted by Gasteiger charge is 2.19. The van der Waals surface area contributed by atoms with E-state index in [9.17, 15) is 18.0 Å². The molecular weight excluding hydrogens is 249 g/mol. The van der Waals surface area contributed by atoms with Crippen molar-refractivity contribution >= 4 is 5.78 Å². The van der Waals surface area contributed by atoms with E-state index in [0.29, 0.717) is 5.56 Å². The lowest BCUT2D eigenvalue weighted by Gasteiger charge is -1.93. The summed E-state index contributed by atoms with van der Waals surface area (Å²) in [5, 5.41) is 3.52. The molecule has 0 saturated heterocycles. The Morgan fingerprint density at radius 3 is 2.56 bits per heavy atom. The SMILES string of the molecule is O=C(Cc1nc(-c2ccc(F)cc2)no1)C(F)F. The van der Waals surface area contributed by atoms with Crippen molar-refractivity contribution in [3.63, 3.8) is 0 Å². The van der Waals surface area contributed by atoms with E-state index in [1.807, 2.05) is 0 Å². The average molecular weight is 256 g/mol. The fourth-order valence-electron chi connectivity index (χ4n) is 1.27. The highest BCUT2D eigenvalue weighted by atomic mass is 19.3. The van der Waals surface area contributed by atoms with E-state index in [4.69, 9.17) is 0 Å². The summed E-state index contributed by atoms with van der Waals surface area (Å²) in [4.78, 5) is 14.6. The Hall–Kier alpha value is -2.18. The van der Waals surface area contributed by atoms with Gasteiger partial charge in [0.2, 0.25) is 17.5 Å². The molecule has 0 fully saturated rings. The van der Waals surface area contributed by atoms with Crippen molar-refractivity contribution in [2.75, 3.05) is 0 Å². The van der Waals surface area contributed by atoms with Gasteiger partial charge in [0.1, 0.15) is 5.82 Å². The number of carbonyl (C=O) groups excluding carboxylic acids is 1. The molecule has 1 aromatic carbocycles. The highest BCUT2D eigenvalue weighted by Crippen LogP contribution is 2.16. The summed E-state index contributed by atoms with van der Waals surface area (Å²) >= 11 is 0. The van der Waals surface area contributed by atoms with Crippen LogP contribution in [0, 0.1) is 5.82 Å². The number of hydrogen-bond donors (Lipinski definition) is 0. The molecule has 1 heterocycles. The Kier molecular flexibility index (Phi) is 3.40. The van der Waals surface area contributed by atoms with Gasteiger partial charge in [0.15, 0.2) is 0 Å². The molecule has 0 aliphatic carbocycles. The number of benzene rings is 1. The number of ketones is 1. The zero-order valence-corrected chi connectivity index (χ0v) is 8.94. The second-order valence-electron chi connectivity index (χ2n) is 3.46. The van der Waals surface area contributed by atoms with Crippen LogP contribution in [-0.2, 0) is 11.2 Å². The van der Waals surface area contributed by atoms with Crippen LogP contribution in [0.25, 0.3) is 11.4 Å². The summed E-state index contributed by atoms with van der Waals surface area (Å²) < 4.78 is 41.4. The summed E-state index contributed by atoms with van der Waals surface area (Å²) in [5.74, 6) is -1.79. The van der Waals surface area contributed by atoms with Crippen LogP contribution in [0.3, 0.4) is 0 Å². The maximum atomic E-state index is 12.7. The lowest BCUT2D eigenvalue weighted by Crippen LogP contribution is -2.12. The minimum absolute atomic E-state index is 0.118. The van der Waals surface area contributed by atoms with Gasteiger partial charge in [-0.25, -0.2) is 13.2 Å². The number of halogens is 3.